The number of nitrogens with one attached hydrogen (secondary N) is 1. The summed E-state index contributed by atoms with van der Waals surface area (Å²) in [6.45, 7) is 0. The van der Waals surface area contributed by atoms with Crippen LogP contribution in [0.1, 0.15) is 44.9 Å². The van der Waals surface area contributed by atoms with Crippen molar-refractivity contribution < 1.29 is 9.18 Å². The summed E-state index contributed by atoms with van der Waals surface area (Å²) >= 11 is 0. The van der Waals surface area contributed by atoms with E-state index in [-0.39, 0.29) is 11.3 Å². The highest BCUT2D eigenvalue weighted by Crippen LogP contribution is 2.61. The molecule has 0 atom stereocenters. The summed E-state index contributed by atoms with van der Waals surface area (Å²) in [6, 6.07) is 2.85. The highest BCUT2D eigenvalue weighted by atomic mass is 19.1. The van der Waals surface area contributed by atoms with Crippen LogP contribution in [0.25, 0.3) is 0 Å². The zero-order chi connectivity index (χ0) is 14.4. The lowest BCUT2D eigenvalue weighted by atomic mass is 9.49. The zero-order valence-corrected chi connectivity index (χ0v) is 12.1. The highest BCUT2D eigenvalue weighted by molar-refractivity contribution is 5.91. The van der Waals surface area contributed by atoms with E-state index in [1.54, 1.807) is 6.07 Å². The van der Waals surface area contributed by atoms with E-state index in [1.807, 2.05) is 0 Å². The number of aromatic nitrogens is 1. The van der Waals surface area contributed by atoms with Crippen molar-refractivity contribution in [3.8, 4) is 0 Å². The summed E-state index contributed by atoms with van der Waals surface area (Å²) in [4.78, 5) is 15.9. The van der Waals surface area contributed by atoms with Crippen LogP contribution < -0.4 is 5.32 Å². The Morgan fingerprint density at radius 2 is 1.81 bits per heavy atom. The van der Waals surface area contributed by atoms with Crippen molar-refractivity contribution in [2.24, 2.45) is 23.2 Å². The predicted octanol–water partition coefficient (Wildman–Crippen LogP) is 3.77. The first kappa shape index (κ1) is 13.2. The van der Waals surface area contributed by atoms with Gasteiger partial charge in [0.05, 0.1) is 11.9 Å². The second-order valence-electron chi connectivity index (χ2n) is 7.51. The molecule has 112 valence electrons. The summed E-state index contributed by atoms with van der Waals surface area (Å²) < 4.78 is 12.8. The van der Waals surface area contributed by atoms with Gasteiger partial charge in [-0.2, -0.15) is 4.39 Å². The lowest BCUT2D eigenvalue weighted by molar-refractivity contribution is -0.124. The fraction of sp³-hybridized carbons (Fsp3) is 0.647. The van der Waals surface area contributed by atoms with Crippen LogP contribution in [0.4, 0.5) is 10.1 Å². The van der Waals surface area contributed by atoms with Gasteiger partial charge < -0.3 is 5.32 Å². The Labute approximate surface area is 124 Å². The van der Waals surface area contributed by atoms with Crippen molar-refractivity contribution in [2.45, 2.75) is 44.9 Å². The number of hydrogen-bond acceptors (Lipinski definition) is 2. The second-order valence-corrected chi connectivity index (χ2v) is 7.51. The molecule has 1 aromatic heterocycles. The van der Waals surface area contributed by atoms with Gasteiger partial charge in [-0.3, -0.25) is 4.79 Å². The maximum atomic E-state index is 12.8. The Morgan fingerprint density at radius 3 is 2.33 bits per heavy atom. The van der Waals surface area contributed by atoms with E-state index in [0.717, 1.165) is 17.8 Å². The van der Waals surface area contributed by atoms with E-state index in [1.165, 1.54) is 50.8 Å². The molecule has 0 spiro atoms. The molecule has 0 aliphatic heterocycles. The van der Waals surface area contributed by atoms with Gasteiger partial charge in [-0.1, -0.05) is 0 Å². The molecule has 4 aliphatic rings. The van der Waals surface area contributed by atoms with Gasteiger partial charge in [0.25, 0.3) is 0 Å². The van der Waals surface area contributed by atoms with Gasteiger partial charge in [-0.15, -0.1) is 0 Å². The van der Waals surface area contributed by atoms with Crippen LogP contribution in [0.2, 0.25) is 0 Å². The van der Waals surface area contributed by atoms with Crippen LogP contribution in [0.3, 0.4) is 0 Å². The topological polar surface area (TPSA) is 42.0 Å². The zero-order valence-electron chi connectivity index (χ0n) is 12.1. The third kappa shape index (κ3) is 2.56. The number of nitrogens with zero attached hydrogens (tertiary/aromatic N) is 1. The molecule has 0 unspecified atom stereocenters. The maximum absolute atomic E-state index is 12.8. The van der Waals surface area contributed by atoms with Gasteiger partial charge in [0, 0.05) is 6.42 Å². The standard InChI is InChI=1S/C17H21FN2O/c18-15-2-1-14(10-19-15)20-16(21)9-17-6-11-3-12(7-17)5-13(4-11)8-17/h1-2,10-13H,3-9H2,(H,20,21). The molecule has 1 N–H and O–H groups in total. The van der Waals surface area contributed by atoms with Gasteiger partial charge in [0.1, 0.15) is 0 Å². The molecule has 1 amide bonds. The molecule has 1 heterocycles. The van der Waals surface area contributed by atoms with Crippen molar-refractivity contribution in [1.82, 2.24) is 4.98 Å². The molecule has 5 rings (SSSR count). The minimum atomic E-state index is -0.519. The fourth-order valence-electron chi connectivity index (χ4n) is 5.50. The average molecular weight is 288 g/mol. The highest BCUT2D eigenvalue weighted by Gasteiger charge is 2.51. The minimum absolute atomic E-state index is 0.0605. The Bertz CT molecular complexity index is 519. The molecule has 4 bridgehead atoms. The lowest BCUT2D eigenvalue weighted by Crippen LogP contribution is -2.47. The lowest BCUT2D eigenvalue weighted by Gasteiger charge is -2.56. The van der Waals surface area contributed by atoms with Gasteiger partial charge in [-0.25, -0.2) is 4.98 Å². The molecule has 1 aromatic rings. The molecule has 4 saturated carbocycles. The third-order valence-electron chi connectivity index (χ3n) is 5.71. The summed E-state index contributed by atoms with van der Waals surface area (Å²) in [7, 11) is 0. The van der Waals surface area contributed by atoms with Crippen molar-refractivity contribution in [3.63, 3.8) is 0 Å². The van der Waals surface area contributed by atoms with Crippen molar-refractivity contribution in [1.29, 1.82) is 0 Å². The maximum Gasteiger partial charge on any atom is 0.224 e. The van der Waals surface area contributed by atoms with Crippen LogP contribution >= 0.6 is 0 Å². The summed E-state index contributed by atoms with van der Waals surface area (Å²) in [5.74, 6) is 2.11. The normalized spacial score (nSPS) is 36.7. The largest absolute Gasteiger partial charge is 0.325 e. The van der Waals surface area contributed by atoms with E-state index in [0.29, 0.717) is 12.1 Å². The van der Waals surface area contributed by atoms with Crippen molar-refractivity contribution >= 4 is 11.6 Å². The van der Waals surface area contributed by atoms with Crippen molar-refractivity contribution in [2.75, 3.05) is 5.32 Å². The molecule has 21 heavy (non-hydrogen) atoms. The number of anilines is 1. The quantitative estimate of drug-likeness (QED) is 0.860. The van der Waals surface area contributed by atoms with Gasteiger partial charge in [0.15, 0.2) is 0 Å². The molecular weight excluding hydrogens is 267 g/mol. The van der Waals surface area contributed by atoms with Crippen LogP contribution in [-0.4, -0.2) is 10.9 Å². The van der Waals surface area contributed by atoms with E-state index >= 15 is 0 Å². The van der Waals surface area contributed by atoms with E-state index in [9.17, 15) is 9.18 Å². The number of pyridine rings is 1. The Kier molecular flexibility index (Phi) is 3.02. The molecule has 0 saturated heterocycles. The van der Waals surface area contributed by atoms with E-state index in [4.69, 9.17) is 0 Å². The van der Waals surface area contributed by atoms with Gasteiger partial charge >= 0.3 is 0 Å². The smallest absolute Gasteiger partial charge is 0.224 e. The Hall–Kier alpha value is -1.45. The molecule has 3 nitrogen and oxygen atoms in total. The minimum Gasteiger partial charge on any atom is -0.325 e. The monoisotopic (exact) mass is 288 g/mol. The number of hydrogen-bond donors (Lipinski definition) is 1. The van der Waals surface area contributed by atoms with E-state index in [2.05, 4.69) is 10.3 Å². The fourth-order valence-corrected chi connectivity index (χ4v) is 5.50. The van der Waals surface area contributed by atoms with Gasteiger partial charge in [-0.05, 0) is 73.8 Å². The number of halogens is 1. The van der Waals surface area contributed by atoms with Crippen LogP contribution in [-0.2, 0) is 4.79 Å². The number of amides is 1. The number of carbonyl (C=O) groups excluding carboxylic acids is 1. The number of rotatable bonds is 3. The Morgan fingerprint density at radius 1 is 1.19 bits per heavy atom. The third-order valence-corrected chi connectivity index (χ3v) is 5.71. The van der Waals surface area contributed by atoms with Crippen LogP contribution in [0, 0.1) is 29.1 Å². The molecule has 0 radical (unpaired) electrons. The molecule has 4 fully saturated rings. The summed E-state index contributed by atoms with van der Waals surface area (Å²) in [5.41, 5.74) is 0.831. The average Bonchev–Trinajstić information content (AvgIpc) is 2.39. The number of carbonyl (C=O) groups is 1. The molecule has 4 heteroatoms. The molecule has 0 aromatic carbocycles. The first-order valence-electron chi connectivity index (χ1n) is 8.02. The van der Waals surface area contributed by atoms with Crippen LogP contribution in [0.15, 0.2) is 18.3 Å². The molecular formula is C17H21FN2O. The van der Waals surface area contributed by atoms with Crippen LogP contribution in [0.5, 0.6) is 0 Å². The predicted molar refractivity (Wildman–Crippen MR) is 78.0 cm³/mol. The van der Waals surface area contributed by atoms with Crippen molar-refractivity contribution in [3.05, 3.63) is 24.3 Å². The Balaban J connectivity index is 1.43. The SMILES string of the molecule is O=C(CC12CC3CC(CC(C3)C1)C2)Nc1ccc(F)nc1. The second kappa shape index (κ2) is 4.79. The van der Waals surface area contributed by atoms with Gasteiger partial charge in [0.2, 0.25) is 11.9 Å². The molecule has 4 aliphatic carbocycles. The summed E-state index contributed by atoms with van der Waals surface area (Å²) in [5, 5.41) is 2.88. The first-order valence-corrected chi connectivity index (χ1v) is 8.02. The van der Waals surface area contributed by atoms with E-state index < -0.39 is 5.95 Å². The first-order chi connectivity index (χ1) is 10.1. The summed E-state index contributed by atoms with van der Waals surface area (Å²) in [6.07, 6.45) is 9.87.